The van der Waals surface area contributed by atoms with Crippen molar-refractivity contribution in [1.29, 1.82) is 0 Å². The summed E-state index contributed by atoms with van der Waals surface area (Å²) in [5, 5.41) is 2.97. The Morgan fingerprint density at radius 3 is 1.76 bits per heavy atom. The zero-order chi connectivity index (χ0) is 26.2. The zero-order valence-electron chi connectivity index (χ0n) is 21.2. The largest absolute Gasteiger partial charge is 0.459 e. The van der Waals surface area contributed by atoms with Gasteiger partial charge in [-0.2, -0.15) is 0 Å². The number of carbonyl (C=O) groups excluding carboxylic acids is 2. The Labute approximate surface area is 200 Å². The van der Waals surface area contributed by atoms with Crippen LogP contribution in [0, 0.1) is 0 Å². The van der Waals surface area contributed by atoms with Crippen LogP contribution in [0.15, 0.2) is 4.99 Å². The van der Waals surface area contributed by atoms with E-state index in [1.54, 1.807) is 41.5 Å². The van der Waals surface area contributed by atoms with E-state index in [1.165, 1.54) is 0 Å². The van der Waals surface area contributed by atoms with Crippen LogP contribution in [0.1, 0.15) is 92.9 Å². The van der Waals surface area contributed by atoms with E-state index in [-0.39, 0.29) is 63.6 Å². The van der Waals surface area contributed by atoms with Crippen LogP contribution in [0.2, 0.25) is 0 Å². The van der Waals surface area contributed by atoms with Crippen LogP contribution in [0.25, 0.3) is 0 Å². The number of esters is 2. The molecule has 1 N–H and O–H groups in total. The molecule has 34 heavy (non-hydrogen) atoms. The second-order valence-corrected chi connectivity index (χ2v) is 10.9. The van der Waals surface area contributed by atoms with Crippen molar-refractivity contribution < 1.29 is 36.6 Å². The Balaban J connectivity index is 0.000000340. The fourth-order valence-electron chi connectivity index (χ4n) is 3.46. The summed E-state index contributed by atoms with van der Waals surface area (Å²) in [4.78, 5) is 26.8. The predicted octanol–water partition coefficient (Wildman–Crippen LogP) is 5.47. The van der Waals surface area contributed by atoms with Crippen molar-refractivity contribution in [1.82, 2.24) is 5.32 Å². The van der Waals surface area contributed by atoms with Gasteiger partial charge in [-0.15, -0.1) is 0 Å². The molecule has 0 bridgehead atoms. The highest BCUT2D eigenvalue weighted by atomic mass is 19.3. The third-order valence-corrected chi connectivity index (χ3v) is 5.08. The summed E-state index contributed by atoms with van der Waals surface area (Å²) < 4.78 is 61.7. The van der Waals surface area contributed by atoms with E-state index in [9.17, 15) is 27.2 Å². The molecular formula is C24H40F4N2O4. The summed E-state index contributed by atoms with van der Waals surface area (Å²) >= 11 is 0. The first-order valence-electron chi connectivity index (χ1n) is 11.8. The number of carbonyl (C=O) groups is 2. The van der Waals surface area contributed by atoms with Crippen LogP contribution in [-0.4, -0.2) is 59.8 Å². The Morgan fingerprint density at radius 2 is 1.29 bits per heavy atom. The van der Waals surface area contributed by atoms with E-state index in [2.05, 4.69) is 10.3 Å². The lowest BCUT2D eigenvalue weighted by atomic mass is 9.92. The van der Waals surface area contributed by atoms with Crippen molar-refractivity contribution in [2.24, 2.45) is 4.99 Å². The van der Waals surface area contributed by atoms with Gasteiger partial charge in [0.05, 0.1) is 6.54 Å². The van der Waals surface area contributed by atoms with Gasteiger partial charge in [-0.25, -0.2) is 17.6 Å². The minimum atomic E-state index is -2.56. The third-order valence-electron chi connectivity index (χ3n) is 5.08. The Hall–Kier alpha value is -1.71. The molecule has 198 valence electrons. The Kier molecular flexibility index (Phi) is 11.0. The monoisotopic (exact) mass is 496 g/mol. The van der Waals surface area contributed by atoms with Crippen molar-refractivity contribution in [3.8, 4) is 0 Å². The van der Waals surface area contributed by atoms with Crippen LogP contribution in [0.5, 0.6) is 0 Å². The van der Waals surface area contributed by atoms with E-state index in [0.29, 0.717) is 18.6 Å². The fraction of sp³-hybridized carbons (Fsp3) is 0.875. The molecule has 2 aliphatic rings. The van der Waals surface area contributed by atoms with Gasteiger partial charge in [0.15, 0.2) is 0 Å². The summed E-state index contributed by atoms with van der Waals surface area (Å²) in [7, 11) is 0. The Morgan fingerprint density at radius 1 is 0.853 bits per heavy atom. The highest BCUT2D eigenvalue weighted by molar-refractivity contribution is 5.87. The van der Waals surface area contributed by atoms with Crippen LogP contribution >= 0.6 is 0 Å². The first kappa shape index (κ1) is 30.3. The lowest BCUT2D eigenvalue weighted by molar-refractivity contribution is -0.154. The predicted molar refractivity (Wildman–Crippen MR) is 123 cm³/mol. The highest BCUT2D eigenvalue weighted by Gasteiger charge is 2.35. The minimum Gasteiger partial charge on any atom is -0.459 e. The first-order chi connectivity index (χ1) is 15.4. The molecule has 2 fully saturated rings. The maximum absolute atomic E-state index is 12.9. The normalized spacial score (nSPS) is 20.6. The number of aliphatic imine (C=N–C) groups is 1. The van der Waals surface area contributed by atoms with Crippen LogP contribution in [0.4, 0.5) is 17.6 Å². The van der Waals surface area contributed by atoms with Gasteiger partial charge < -0.3 is 14.8 Å². The van der Waals surface area contributed by atoms with Gasteiger partial charge >= 0.3 is 11.9 Å². The van der Waals surface area contributed by atoms with Gasteiger partial charge in [0.25, 0.3) is 0 Å². The molecule has 0 heterocycles. The molecule has 0 aromatic rings. The number of halogens is 4. The smallest absolute Gasteiger partial charge is 0.328 e. The van der Waals surface area contributed by atoms with E-state index < -0.39 is 29.0 Å². The van der Waals surface area contributed by atoms with Gasteiger partial charge in [-0.05, 0) is 67.2 Å². The van der Waals surface area contributed by atoms with Crippen molar-refractivity contribution >= 4 is 17.7 Å². The van der Waals surface area contributed by atoms with Crippen molar-refractivity contribution in [2.75, 3.05) is 13.1 Å². The Bertz CT molecular complexity index is 691. The van der Waals surface area contributed by atoms with Crippen molar-refractivity contribution in [2.45, 2.75) is 122 Å². The number of nitrogens with zero attached hydrogens (tertiary/aromatic N) is 1. The van der Waals surface area contributed by atoms with Crippen LogP contribution in [-0.2, 0) is 19.1 Å². The molecule has 0 unspecified atom stereocenters. The van der Waals surface area contributed by atoms with Crippen molar-refractivity contribution in [3.63, 3.8) is 0 Å². The van der Waals surface area contributed by atoms with Gasteiger partial charge in [0, 0.05) is 37.4 Å². The minimum absolute atomic E-state index is 0.00198. The molecule has 0 aliphatic heterocycles. The summed E-state index contributed by atoms with van der Waals surface area (Å²) in [6.07, 6.45) is 0.843. The van der Waals surface area contributed by atoms with E-state index in [1.807, 2.05) is 0 Å². The molecule has 0 aromatic heterocycles. The summed E-state index contributed by atoms with van der Waals surface area (Å²) in [5.41, 5.74) is -0.336. The van der Waals surface area contributed by atoms with Gasteiger partial charge in [-0.3, -0.25) is 14.6 Å². The number of alkyl halides is 4. The number of hydrogen-bond acceptors (Lipinski definition) is 6. The first-order valence-corrected chi connectivity index (χ1v) is 11.8. The lowest BCUT2D eigenvalue weighted by Crippen LogP contribution is -2.41. The second kappa shape index (κ2) is 12.3. The zero-order valence-corrected chi connectivity index (χ0v) is 21.2. The molecule has 2 rings (SSSR count). The maximum Gasteiger partial charge on any atom is 0.328 e. The third kappa shape index (κ3) is 14.5. The van der Waals surface area contributed by atoms with Crippen LogP contribution < -0.4 is 5.32 Å². The topological polar surface area (TPSA) is 77.0 Å². The van der Waals surface area contributed by atoms with Gasteiger partial charge in [-0.1, -0.05) is 0 Å². The molecular weight excluding hydrogens is 456 g/mol. The molecule has 6 nitrogen and oxygen atoms in total. The second-order valence-electron chi connectivity index (χ2n) is 10.9. The number of ether oxygens (including phenoxy) is 2. The number of rotatable bonds is 5. The quantitative estimate of drug-likeness (QED) is 0.403. The van der Waals surface area contributed by atoms with Gasteiger partial charge in [0.2, 0.25) is 11.8 Å². The molecule has 0 atom stereocenters. The fourth-order valence-corrected chi connectivity index (χ4v) is 3.46. The molecule has 0 spiro atoms. The van der Waals surface area contributed by atoms with E-state index >= 15 is 0 Å². The van der Waals surface area contributed by atoms with E-state index in [4.69, 9.17) is 9.47 Å². The maximum atomic E-state index is 12.9. The highest BCUT2D eigenvalue weighted by Crippen LogP contribution is 2.33. The molecule has 0 radical (unpaired) electrons. The molecule has 10 heteroatoms. The summed E-state index contributed by atoms with van der Waals surface area (Å²) in [6, 6.07) is 0.00198. The molecule has 0 saturated heterocycles. The number of nitrogens with one attached hydrogen (secondary N) is 1. The molecule has 0 aromatic carbocycles. The summed E-state index contributed by atoms with van der Waals surface area (Å²) in [5.74, 6) is -5.84. The van der Waals surface area contributed by atoms with Gasteiger partial charge in [0.1, 0.15) is 17.7 Å². The molecule has 0 amide bonds. The summed E-state index contributed by atoms with van der Waals surface area (Å²) in [6.45, 7) is 10.7. The molecule has 2 saturated carbocycles. The number of hydrogen-bond donors (Lipinski definition) is 1. The average Bonchev–Trinajstić information content (AvgIpc) is 2.64. The molecule has 2 aliphatic carbocycles. The van der Waals surface area contributed by atoms with E-state index in [0.717, 1.165) is 0 Å². The standard InChI is InChI=1S/C12H21F2NO2.C12H19F2NO2/c2*1-11(2,3)17-10(16)8-15-9-4-6-12(13,14)7-5-9/h9,15H,4-8H2,1-3H3;4-8H2,1-3H3. The van der Waals surface area contributed by atoms with Crippen LogP contribution in [0.3, 0.4) is 0 Å². The SMILES string of the molecule is CC(C)(C)OC(=O)CN=C1CCC(F)(F)CC1.CC(C)(C)OC(=O)CNC1CCC(F)(F)CC1. The van der Waals surface area contributed by atoms with Crippen molar-refractivity contribution in [3.05, 3.63) is 0 Å². The average molecular weight is 497 g/mol. The lowest BCUT2D eigenvalue weighted by Gasteiger charge is -2.29.